The Labute approximate surface area is 103 Å². The van der Waals surface area contributed by atoms with Crippen LogP contribution in [-0.2, 0) is 19.1 Å². The summed E-state index contributed by atoms with van der Waals surface area (Å²) in [5.41, 5.74) is 0.980. The van der Waals surface area contributed by atoms with Gasteiger partial charge in [-0.15, -0.1) is 0 Å². The number of rotatable bonds is 4. The monoisotopic (exact) mass is 290 g/mol. The molecule has 0 amide bonds. The van der Waals surface area contributed by atoms with Crippen LogP contribution in [0.2, 0.25) is 0 Å². The van der Waals surface area contributed by atoms with Crippen molar-refractivity contribution in [3.05, 3.63) is 10.1 Å². The molecule has 0 radical (unpaired) electrons. The van der Waals surface area contributed by atoms with Gasteiger partial charge >= 0.3 is 11.9 Å². The smallest absolute Gasteiger partial charge is 0.312 e. The van der Waals surface area contributed by atoms with E-state index in [9.17, 15) is 9.59 Å². The Morgan fingerprint density at radius 3 is 2.31 bits per heavy atom. The van der Waals surface area contributed by atoms with E-state index in [2.05, 4.69) is 20.7 Å². The zero-order valence-electron chi connectivity index (χ0n) is 9.58. The van der Waals surface area contributed by atoms with E-state index in [0.717, 1.165) is 22.9 Å². The fourth-order valence-corrected chi connectivity index (χ4v) is 2.25. The van der Waals surface area contributed by atoms with Gasteiger partial charge in [0.05, 0.1) is 13.0 Å². The molecule has 1 rings (SSSR count). The van der Waals surface area contributed by atoms with Gasteiger partial charge in [0.2, 0.25) is 0 Å². The standard InChI is InChI=1S/C11H15BrO4/c1-6(11(14)15-3)10(16-7(2)13)8-4-5-9(8)12/h6,10H,4-5H2,1-3H3. The van der Waals surface area contributed by atoms with Gasteiger partial charge in [-0.2, -0.15) is 0 Å². The maximum absolute atomic E-state index is 11.4. The number of ether oxygens (including phenoxy) is 2. The Balaban J connectivity index is 2.83. The Morgan fingerprint density at radius 1 is 1.38 bits per heavy atom. The lowest BCUT2D eigenvalue weighted by Crippen LogP contribution is -2.34. The van der Waals surface area contributed by atoms with Gasteiger partial charge in [0, 0.05) is 6.92 Å². The van der Waals surface area contributed by atoms with E-state index in [0.29, 0.717) is 0 Å². The molecule has 1 aliphatic rings. The van der Waals surface area contributed by atoms with Gasteiger partial charge in [-0.1, -0.05) is 15.9 Å². The molecule has 2 unspecified atom stereocenters. The molecule has 0 aromatic carbocycles. The molecular formula is C11H15BrO4. The fourth-order valence-electron chi connectivity index (χ4n) is 1.62. The number of carbonyl (C=O) groups is 2. The molecule has 0 aromatic rings. The molecular weight excluding hydrogens is 276 g/mol. The van der Waals surface area contributed by atoms with E-state index in [1.165, 1.54) is 14.0 Å². The van der Waals surface area contributed by atoms with Crippen molar-refractivity contribution in [2.75, 3.05) is 7.11 Å². The van der Waals surface area contributed by atoms with E-state index < -0.39 is 12.0 Å². The molecule has 16 heavy (non-hydrogen) atoms. The molecule has 0 spiro atoms. The van der Waals surface area contributed by atoms with Gasteiger partial charge in [-0.25, -0.2) is 0 Å². The van der Waals surface area contributed by atoms with Crippen LogP contribution in [0.1, 0.15) is 26.7 Å². The van der Waals surface area contributed by atoms with E-state index in [4.69, 9.17) is 4.74 Å². The topological polar surface area (TPSA) is 52.6 Å². The SMILES string of the molecule is COC(=O)C(C)C(OC(C)=O)C1=C(Br)CC1. The predicted octanol–water partition coefficient (Wildman–Crippen LogP) is 2.17. The average molecular weight is 291 g/mol. The third-order valence-corrected chi connectivity index (χ3v) is 3.53. The summed E-state index contributed by atoms with van der Waals surface area (Å²) in [6.45, 7) is 3.04. The second-order valence-corrected chi connectivity index (χ2v) is 4.73. The van der Waals surface area contributed by atoms with Crippen molar-refractivity contribution in [1.29, 1.82) is 0 Å². The largest absolute Gasteiger partial charge is 0.469 e. The quantitative estimate of drug-likeness (QED) is 0.745. The third kappa shape index (κ3) is 2.84. The Bertz CT molecular complexity index is 335. The maximum atomic E-state index is 11.4. The van der Waals surface area contributed by atoms with E-state index in [-0.39, 0.29) is 11.9 Å². The highest BCUT2D eigenvalue weighted by Gasteiger charge is 2.34. The summed E-state index contributed by atoms with van der Waals surface area (Å²) in [4.78, 5) is 22.4. The molecule has 0 aromatic heterocycles. The lowest BCUT2D eigenvalue weighted by molar-refractivity contribution is -0.156. The van der Waals surface area contributed by atoms with E-state index in [1.807, 2.05) is 0 Å². The lowest BCUT2D eigenvalue weighted by atomic mass is 9.87. The highest BCUT2D eigenvalue weighted by atomic mass is 79.9. The van der Waals surface area contributed by atoms with Crippen molar-refractivity contribution < 1.29 is 19.1 Å². The van der Waals surface area contributed by atoms with Gasteiger partial charge in [-0.05, 0) is 29.8 Å². The number of allylic oxidation sites excluding steroid dienone is 1. The average Bonchev–Trinajstić information content (AvgIpc) is 2.23. The zero-order valence-corrected chi connectivity index (χ0v) is 11.2. The Hall–Kier alpha value is -0.840. The first-order chi connectivity index (χ1) is 7.47. The van der Waals surface area contributed by atoms with Crippen molar-refractivity contribution in [2.24, 2.45) is 5.92 Å². The lowest BCUT2D eigenvalue weighted by Gasteiger charge is -2.30. The Morgan fingerprint density at radius 2 is 2.00 bits per heavy atom. The molecule has 0 bridgehead atoms. The maximum Gasteiger partial charge on any atom is 0.312 e. The first kappa shape index (κ1) is 13.2. The number of methoxy groups -OCH3 is 1. The first-order valence-corrected chi connectivity index (χ1v) is 5.89. The van der Waals surface area contributed by atoms with Crippen LogP contribution in [-0.4, -0.2) is 25.2 Å². The molecule has 1 aliphatic carbocycles. The number of hydrogen-bond acceptors (Lipinski definition) is 4. The predicted molar refractivity (Wildman–Crippen MR) is 61.9 cm³/mol. The van der Waals surface area contributed by atoms with Gasteiger partial charge in [0.15, 0.2) is 0 Å². The normalized spacial score (nSPS) is 18.5. The van der Waals surface area contributed by atoms with Crippen LogP contribution >= 0.6 is 15.9 Å². The second kappa shape index (κ2) is 5.48. The zero-order chi connectivity index (χ0) is 12.3. The molecule has 5 heteroatoms. The minimum Gasteiger partial charge on any atom is -0.469 e. The molecule has 0 heterocycles. The number of esters is 2. The first-order valence-electron chi connectivity index (χ1n) is 5.09. The van der Waals surface area contributed by atoms with Crippen LogP contribution in [0.3, 0.4) is 0 Å². The minimum absolute atomic E-state index is 0.369. The summed E-state index contributed by atoms with van der Waals surface area (Å²) in [7, 11) is 1.33. The van der Waals surface area contributed by atoms with E-state index in [1.54, 1.807) is 6.92 Å². The number of carbonyl (C=O) groups excluding carboxylic acids is 2. The minimum atomic E-state index is -0.506. The van der Waals surface area contributed by atoms with Gasteiger partial charge in [0.25, 0.3) is 0 Å². The Kier molecular flexibility index (Phi) is 4.53. The van der Waals surface area contributed by atoms with Crippen LogP contribution in [0.5, 0.6) is 0 Å². The van der Waals surface area contributed by atoms with Crippen LogP contribution in [0.25, 0.3) is 0 Å². The fraction of sp³-hybridized carbons (Fsp3) is 0.636. The van der Waals surface area contributed by atoms with Crippen LogP contribution in [0.15, 0.2) is 10.1 Å². The van der Waals surface area contributed by atoms with Crippen molar-refractivity contribution in [3.8, 4) is 0 Å². The molecule has 90 valence electrons. The molecule has 0 fully saturated rings. The van der Waals surface area contributed by atoms with Crippen molar-refractivity contribution in [1.82, 2.24) is 0 Å². The summed E-state index contributed by atoms with van der Waals surface area (Å²) in [6.07, 6.45) is 1.27. The van der Waals surface area contributed by atoms with E-state index >= 15 is 0 Å². The summed E-state index contributed by atoms with van der Waals surface area (Å²) in [5.74, 6) is -1.23. The molecule has 0 saturated heterocycles. The summed E-state index contributed by atoms with van der Waals surface area (Å²) in [5, 5.41) is 0. The summed E-state index contributed by atoms with van der Waals surface area (Å²) >= 11 is 3.39. The van der Waals surface area contributed by atoms with Gasteiger partial charge in [0.1, 0.15) is 6.10 Å². The van der Waals surface area contributed by atoms with Crippen LogP contribution in [0.4, 0.5) is 0 Å². The summed E-state index contributed by atoms with van der Waals surface area (Å²) in [6, 6.07) is 0. The van der Waals surface area contributed by atoms with Gasteiger partial charge < -0.3 is 9.47 Å². The van der Waals surface area contributed by atoms with Crippen molar-refractivity contribution >= 4 is 27.9 Å². The molecule has 0 N–H and O–H groups in total. The van der Waals surface area contributed by atoms with Crippen molar-refractivity contribution in [3.63, 3.8) is 0 Å². The van der Waals surface area contributed by atoms with Crippen LogP contribution in [0, 0.1) is 5.92 Å². The molecule has 2 atom stereocenters. The molecule has 0 aliphatic heterocycles. The van der Waals surface area contributed by atoms with Gasteiger partial charge in [-0.3, -0.25) is 9.59 Å². The molecule has 0 saturated carbocycles. The van der Waals surface area contributed by atoms with Crippen molar-refractivity contribution in [2.45, 2.75) is 32.8 Å². The second-order valence-electron chi connectivity index (χ2n) is 3.77. The highest BCUT2D eigenvalue weighted by molar-refractivity contribution is 9.11. The number of halogens is 1. The molecule has 4 nitrogen and oxygen atoms in total. The number of hydrogen-bond donors (Lipinski definition) is 0. The summed E-state index contributed by atoms with van der Waals surface area (Å²) < 4.78 is 10.9. The van der Waals surface area contributed by atoms with Crippen LogP contribution < -0.4 is 0 Å². The highest BCUT2D eigenvalue weighted by Crippen LogP contribution is 2.38. The third-order valence-electron chi connectivity index (χ3n) is 2.63.